The van der Waals surface area contributed by atoms with E-state index in [9.17, 15) is 31.7 Å². The van der Waals surface area contributed by atoms with Crippen LogP contribution in [0, 0.1) is 25.2 Å². The average Bonchev–Trinajstić information content (AvgIpc) is 3.91. The molecular weight excluding hydrogens is 1050 g/mol. The molecule has 2 aliphatic heterocycles. The van der Waals surface area contributed by atoms with E-state index in [0.717, 1.165) is 66.4 Å². The SMILES string of the molecule is Cc1cc2c(cnn2-c2ccc(=O)n(C)c2)cc1C1(Cc2ccccc2)CCN(S(=O)(=O)c2ccc(Cc3cc(-n4ncc5cc(C6(Cc7ccccc7)CCN(S(=O)(=O)c7ccc(C#N)cc7)C6)c(C)cc54)cn(C)c3=O)cc2)C1. The maximum atomic E-state index is 14.7. The number of hydrogen-bond acceptors (Lipinski definition) is 9. The van der Waals surface area contributed by atoms with Crippen molar-refractivity contribution in [3.05, 3.63) is 247 Å². The fourth-order valence-electron chi connectivity index (χ4n) is 12.6. The molecule has 17 heteroatoms. The minimum Gasteiger partial charge on any atom is -0.316 e. The smallest absolute Gasteiger partial charge is 0.253 e. The Labute approximate surface area is 470 Å². The van der Waals surface area contributed by atoms with Crippen LogP contribution in [0.4, 0.5) is 0 Å². The summed E-state index contributed by atoms with van der Waals surface area (Å²) in [6, 6.07) is 48.9. The molecule has 2 saturated heterocycles. The first-order valence-electron chi connectivity index (χ1n) is 27.0. The van der Waals surface area contributed by atoms with Gasteiger partial charge in [-0.15, -0.1) is 0 Å². The molecule has 6 aromatic carbocycles. The van der Waals surface area contributed by atoms with E-state index in [4.69, 9.17) is 10.2 Å². The van der Waals surface area contributed by atoms with Crippen molar-refractivity contribution < 1.29 is 16.8 Å². The first-order chi connectivity index (χ1) is 38.9. The van der Waals surface area contributed by atoms with Gasteiger partial charge in [-0.1, -0.05) is 72.8 Å². The summed E-state index contributed by atoms with van der Waals surface area (Å²) < 4.78 is 67.5. The highest BCUT2D eigenvalue weighted by molar-refractivity contribution is 7.89. The molecule has 0 spiro atoms. The Bertz CT molecular complexity index is 4490. The van der Waals surface area contributed by atoms with Crippen LogP contribution in [0.2, 0.25) is 0 Å². The van der Waals surface area contributed by atoms with Gasteiger partial charge in [0.2, 0.25) is 25.6 Å². The monoisotopic (exact) mass is 1110 g/mol. The third-order valence-electron chi connectivity index (χ3n) is 16.8. The largest absolute Gasteiger partial charge is 0.316 e. The van der Waals surface area contributed by atoms with Gasteiger partial charge in [0, 0.05) is 92.3 Å². The van der Waals surface area contributed by atoms with E-state index in [2.05, 4.69) is 68.4 Å². The van der Waals surface area contributed by atoms with E-state index in [1.165, 1.54) is 34.9 Å². The van der Waals surface area contributed by atoms with Gasteiger partial charge < -0.3 is 9.13 Å². The van der Waals surface area contributed by atoms with Gasteiger partial charge in [-0.05, 0) is 151 Å². The normalized spacial score (nSPS) is 18.0. The van der Waals surface area contributed by atoms with Crippen LogP contribution < -0.4 is 11.1 Å². The number of pyridine rings is 2. The molecule has 2 fully saturated rings. The molecule has 0 N–H and O–H groups in total. The Morgan fingerprint density at radius 2 is 1.04 bits per heavy atom. The quantitative estimate of drug-likeness (QED) is 0.103. The summed E-state index contributed by atoms with van der Waals surface area (Å²) >= 11 is 0. The number of nitrogens with zero attached hydrogens (tertiary/aromatic N) is 9. The summed E-state index contributed by atoms with van der Waals surface area (Å²) in [6.07, 6.45) is 9.84. The van der Waals surface area contributed by atoms with Gasteiger partial charge in [0.25, 0.3) is 5.56 Å². The van der Waals surface area contributed by atoms with E-state index in [0.29, 0.717) is 55.6 Å². The Morgan fingerprint density at radius 1 is 0.556 bits per heavy atom. The van der Waals surface area contributed by atoms with E-state index in [-0.39, 0.29) is 40.4 Å². The van der Waals surface area contributed by atoms with Crippen LogP contribution in [0.5, 0.6) is 0 Å². The highest BCUT2D eigenvalue weighted by Gasteiger charge is 2.47. The molecule has 15 nitrogen and oxygen atoms in total. The topological polar surface area (TPSA) is 178 Å². The van der Waals surface area contributed by atoms with E-state index >= 15 is 0 Å². The van der Waals surface area contributed by atoms with Crippen LogP contribution in [0.25, 0.3) is 33.2 Å². The standard InChI is InChI=1S/C64H59N9O6S2/c1-44-29-59-51(38-66-72(59)53-19-24-61(74)68(3)40-53)33-57(44)63(35-47-11-7-5-8-12-47)25-27-70(42-63)80(76,77)55-20-15-46(16-21-55)31-50-32-54(41-69(4)62(50)75)73-60-30-45(2)58(34-52(60)39-67-73)64(36-48-13-9-6-10-14-48)26-28-71(43-64)81(78,79)56-22-17-49(37-65)18-23-56/h5-24,29-30,32-34,38-41H,25-28,31,35-36,42-43H2,1-4H3. The van der Waals surface area contributed by atoms with Crippen molar-refractivity contribution in [3.63, 3.8) is 0 Å². The van der Waals surface area contributed by atoms with Crippen molar-refractivity contribution in [3.8, 4) is 17.4 Å². The van der Waals surface area contributed by atoms with Crippen molar-refractivity contribution in [2.75, 3.05) is 26.2 Å². The predicted octanol–water partition coefficient (Wildman–Crippen LogP) is 8.99. The Hall–Kier alpha value is -8.53. The number of hydrogen-bond donors (Lipinski definition) is 0. The molecule has 12 rings (SSSR count). The fraction of sp³-hybridized carbons (Fsp3) is 0.234. The van der Waals surface area contributed by atoms with Crippen molar-refractivity contribution in [1.29, 1.82) is 5.26 Å². The van der Waals surface area contributed by atoms with Gasteiger partial charge >= 0.3 is 0 Å². The van der Waals surface area contributed by atoms with Crippen LogP contribution in [0.3, 0.4) is 0 Å². The molecule has 10 aromatic rings. The molecule has 0 radical (unpaired) electrons. The van der Waals surface area contributed by atoms with Gasteiger partial charge in [0.1, 0.15) is 0 Å². The van der Waals surface area contributed by atoms with Gasteiger partial charge in [0.15, 0.2) is 0 Å². The van der Waals surface area contributed by atoms with Gasteiger partial charge in [-0.3, -0.25) is 9.59 Å². The van der Waals surface area contributed by atoms with Crippen LogP contribution >= 0.6 is 0 Å². The first kappa shape index (κ1) is 53.1. The van der Waals surface area contributed by atoms with Gasteiger partial charge in [0.05, 0.1) is 56.2 Å². The average molecular weight is 1110 g/mol. The predicted molar refractivity (Wildman–Crippen MR) is 313 cm³/mol. The summed E-state index contributed by atoms with van der Waals surface area (Å²) in [5.74, 6) is 0. The van der Waals surface area contributed by atoms with Crippen molar-refractivity contribution in [2.24, 2.45) is 14.1 Å². The number of aryl methyl sites for hydroxylation is 4. The van der Waals surface area contributed by atoms with Crippen LogP contribution in [0.1, 0.15) is 62.9 Å². The first-order valence-corrected chi connectivity index (χ1v) is 29.8. The highest BCUT2D eigenvalue weighted by Crippen LogP contribution is 2.45. The van der Waals surface area contributed by atoms with Gasteiger partial charge in [-0.25, -0.2) is 26.2 Å². The number of fused-ring (bicyclic) bond motifs is 2. The van der Waals surface area contributed by atoms with E-state index < -0.39 is 30.9 Å². The molecule has 2 unspecified atom stereocenters. The summed E-state index contributed by atoms with van der Waals surface area (Å²) in [5.41, 5.74) is 9.74. The zero-order valence-electron chi connectivity index (χ0n) is 45.4. The Balaban J connectivity index is 0.805. The molecule has 6 heterocycles. The number of rotatable bonds is 14. The summed E-state index contributed by atoms with van der Waals surface area (Å²) in [6.45, 7) is 5.32. The number of benzene rings is 6. The Kier molecular flexibility index (Phi) is 13.5. The van der Waals surface area contributed by atoms with Crippen molar-refractivity contribution in [1.82, 2.24) is 37.3 Å². The molecule has 4 aromatic heterocycles. The van der Waals surface area contributed by atoms with Crippen LogP contribution in [0.15, 0.2) is 196 Å². The third kappa shape index (κ3) is 9.71. The van der Waals surface area contributed by atoms with Crippen LogP contribution in [-0.4, -0.2) is 80.3 Å². The second-order valence-corrected chi connectivity index (χ2v) is 25.9. The zero-order valence-corrected chi connectivity index (χ0v) is 47.0. The number of sulfonamides is 2. The molecule has 0 aliphatic carbocycles. The molecule has 2 atom stereocenters. The zero-order chi connectivity index (χ0) is 56.4. The Morgan fingerprint density at radius 3 is 1.53 bits per heavy atom. The second-order valence-electron chi connectivity index (χ2n) is 22.1. The molecular formula is C64H59N9O6S2. The van der Waals surface area contributed by atoms with Crippen molar-refractivity contribution in [2.45, 2.75) is 66.6 Å². The lowest BCUT2D eigenvalue weighted by atomic mass is 9.73. The maximum absolute atomic E-state index is 14.7. The molecule has 0 bridgehead atoms. The molecule has 81 heavy (non-hydrogen) atoms. The second kappa shape index (κ2) is 20.5. The summed E-state index contributed by atoms with van der Waals surface area (Å²) in [4.78, 5) is 26.4. The molecule has 408 valence electrons. The minimum absolute atomic E-state index is 0.111. The third-order valence-corrected chi connectivity index (χ3v) is 20.5. The maximum Gasteiger partial charge on any atom is 0.253 e. The number of aromatic nitrogens is 6. The van der Waals surface area contributed by atoms with E-state index in [1.807, 2.05) is 58.0 Å². The van der Waals surface area contributed by atoms with Gasteiger partial charge in [-0.2, -0.15) is 24.1 Å². The van der Waals surface area contributed by atoms with Crippen LogP contribution in [-0.2, 0) is 64.2 Å². The summed E-state index contributed by atoms with van der Waals surface area (Å²) in [5, 5.41) is 20.7. The molecule has 0 saturated carbocycles. The molecule has 0 amide bonds. The lowest BCUT2D eigenvalue weighted by Crippen LogP contribution is -2.36. The highest BCUT2D eigenvalue weighted by atomic mass is 32.2. The minimum atomic E-state index is -3.95. The fourth-order valence-corrected chi connectivity index (χ4v) is 15.6. The lowest BCUT2D eigenvalue weighted by Gasteiger charge is -2.32. The summed E-state index contributed by atoms with van der Waals surface area (Å²) in [7, 11) is -4.39. The van der Waals surface area contributed by atoms with Crippen molar-refractivity contribution >= 4 is 41.9 Å². The van der Waals surface area contributed by atoms with E-state index in [1.54, 1.807) is 76.2 Å². The molecule has 2 aliphatic rings. The lowest BCUT2D eigenvalue weighted by molar-refractivity contribution is 0.413. The number of nitriles is 1.